The standard InChI is InChI=1S/C22H23NO5S/c1-15(24)14-29-20-11-7-6-10-18(20)22(27)28-13-21(26)23-19(16(2)25)12-17-8-4-3-5-9-17/h3-11,19H,12-14H2,1-2H3,(H,23,26)/t19-/m1/s1. The molecule has 1 N–H and O–H groups in total. The first-order chi connectivity index (χ1) is 13.9. The van der Waals surface area contributed by atoms with E-state index in [0.29, 0.717) is 16.9 Å². The number of hydrogen-bond acceptors (Lipinski definition) is 6. The van der Waals surface area contributed by atoms with Crippen LogP contribution in [0.3, 0.4) is 0 Å². The molecule has 2 aromatic carbocycles. The van der Waals surface area contributed by atoms with Gasteiger partial charge in [-0.15, -0.1) is 11.8 Å². The zero-order chi connectivity index (χ0) is 21.2. The molecule has 0 aliphatic carbocycles. The molecule has 0 radical (unpaired) electrons. The monoisotopic (exact) mass is 413 g/mol. The van der Waals surface area contributed by atoms with Crippen molar-refractivity contribution in [2.75, 3.05) is 12.4 Å². The molecule has 0 aliphatic rings. The molecule has 0 saturated carbocycles. The number of Topliss-reactive ketones (excluding diaryl/α,β-unsaturated/α-hetero) is 2. The summed E-state index contributed by atoms with van der Waals surface area (Å²) in [6.45, 7) is 2.38. The van der Waals surface area contributed by atoms with Gasteiger partial charge in [0.2, 0.25) is 0 Å². The van der Waals surface area contributed by atoms with Gasteiger partial charge >= 0.3 is 5.97 Å². The summed E-state index contributed by atoms with van der Waals surface area (Å²) < 4.78 is 5.11. The van der Waals surface area contributed by atoms with E-state index in [9.17, 15) is 19.2 Å². The molecule has 152 valence electrons. The van der Waals surface area contributed by atoms with Gasteiger partial charge in [-0.1, -0.05) is 42.5 Å². The number of esters is 1. The van der Waals surface area contributed by atoms with Crippen LogP contribution >= 0.6 is 11.8 Å². The lowest BCUT2D eigenvalue weighted by molar-refractivity contribution is -0.128. The van der Waals surface area contributed by atoms with Crippen molar-refractivity contribution in [1.82, 2.24) is 5.32 Å². The van der Waals surface area contributed by atoms with Crippen LogP contribution in [0.1, 0.15) is 29.8 Å². The highest BCUT2D eigenvalue weighted by molar-refractivity contribution is 8.00. The van der Waals surface area contributed by atoms with E-state index < -0.39 is 24.5 Å². The maximum Gasteiger partial charge on any atom is 0.339 e. The lowest BCUT2D eigenvalue weighted by Gasteiger charge is -2.16. The lowest BCUT2D eigenvalue weighted by Crippen LogP contribution is -2.43. The minimum Gasteiger partial charge on any atom is -0.452 e. The van der Waals surface area contributed by atoms with Crippen molar-refractivity contribution in [3.63, 3.8) is 0 Å². The Morgan fingerprint density at radius 2 is 1.62 bits per heavy atom. The van der Waals surface area contributed by atoms with Gasteiger partial charge < -0.3 is 10.1 Å². The number of hydrogen-bond donors (Lipinski definition) is 1. The molecule has 1 amide bonds. The van der Waals surface area contributed by atoms with Crippen LogP contribution in [0.4, 0.5) is 0 Å². The predicted octanol–water partition coefficient (Wildman–Crippen LogP) is 2.84. The van der Waals surface area contributed by atoms with Crippen molar-refractivity contribution in [2.24, 2.45) is 0 Å². The minimum absolute atomic E-state index is 0.00811. The Labute approximate surface area is 174 Å². The highest BCUT2D eigenvalue weighted by Crippen LogP contribution is 2.23. The minimum atomic E-state index is -0.693. The molecule has 0 spiro atoms. The number of amides is 1. The summed E-state index contributed by atoms with van der Waals surface area (Å²) in [5, 5.41) is 2.61. The first kappa shape index (κ1) is 22.4. The van der Waals surface area contributed by atoms with E-state index in [-0.39, 0.29) is 17.3 Å². The molecular formula is C22H23NO5S. The van der Waals surface area contributed by atoms with Crippen molar-refractivity contribution in [1.29, 1.82) is 0 Å². The average Bonchev–Trinajstić information content (AvgIpc) is 2.71. The Bertz CT molecular complexity index is 882. The van der Waals surface area contributed by atoms with Gasteiger partial charge in [0.15, 0.2) is 12.4 Å². The number of rotatable bonds is 10. The van der Waals surface area contributed by atoms with Gasteiger partial charge in [0.1, 0.15) is 5.78 Å². The number of ether oxygens (including phenoxy) is 1. The molecule has 0 bridgehead atoms. The summed E-state index contributed by atoms with van der Waals surface area (Å²) >= 11 is 1.24. The van der Waals surface area contributed by atoms with E-state index in [4.69, 9.17) is 4.74 Å². The Morgan fingerprint density at radius 3 is 2.28 bits per heavy atom. The van der Waals surface area contributed by atoms with E-state index in [0.717, 1.165) is 5.56 Å². The zero-order valence-electron chi connectivity index (χ0n) is 16.3. The first-order valence-electron chi connectivity index (χ1n) is 9.09. The van der Waals surface area contributed by atoms with Crippen LogP contribution in [0.2, 0.25) is 0 Å². The van der Waals surface area contributed by atoms with E-state index in [1.165, 1.54) is 25.6 Å². The third kappa shape index (κ3) is 7.54. The fourth-order valence-electron chi connectivity index (χ4n) is 2.53. The molecule has 6 nitrogen and oxygen atoms in total. The molecule has 2 rings (SSSR count). The van der Waals surface area contributed by atoms with Gasteiger partial charge in [-0.05, 0) is 38.0 Å². The third-order valence-corrected chi connectivity index (χ3v) is 5.20. The Balaban J connectivity index is 1.93. The summed E-state index contributed by atoms with van der Waals surface area (Å²) in [6, 6.07) is 15.4. The molecule has 1 atom stereocenters. The van der Waals surface area contributed by atoms with E-state index in [1.54, 1.807) is 24.3 Å². The second kappa shape index (κ2) is 11.2. The van der Waals surface area contributed by atoms with Crippen molar-refractivity contribution >= 4 is 35.2 Å². The molecule has 7 heteroatoms. The Kier molecular flexibility index (Phi) is 8.61. The number of nitrogens with one attached hydrogen (secondary N) is 1. The largest absolute Gasteiger partial charge is 0.452 e. The number of ketones is 2. The number of benzene rings is 2. The van der Waals surface area contributed by atoms with Gasteiger partial charge in [0.05, 0.1) is 17.4 Å². The van der Waals surface area contributed by atoms with Gasteiger partial charge in [0, 0.05) is 4.90 Å². The number of thioether (sulfide) groups is 1. The average molecular weight is 413 g/mol. The molecule has 0 heterocycles. The SMILES string of the molecule is CC(=O)CSc1ccccc1C(=O)OCC(=O)N[C@H](Cc1ccccc1)C(C)=O. The van der Waals surface area contributed by atoms with Gasteiger partial charge in [-0.2, -0.15) is 0 Å². The van der Waals surface area contributed by atoms with Gasteiger partial charge in [0.25, 0.3) is 5.91 Å². The molecule has 0 unspecified atom stereocenters. The van der Waals surface area contributed by atoms with Crippen LogP contribution in [0, 0.1) is 0 Å². The van der Waals surface area contributed by atoms with Crippen molar-refractivity contribution < 1.29 is 23.9 Å². The summed E-state index contributed by atoms with van der Waals surface area (Å²) in [5.74, 6) is -1.16. The highest BCUT2D eigenvalue weighted by atomic mass is 32.2. The molecule has 0 aliphatic heterocycles. The summed E-state index contributed by atoms with van der Waals surface area (Å²) in [4.78, 5) is 48.2. The summed E-state index contributed by atoms with van der Waals surface area (Å²) in [5.41, 5.74) is 1.21. The smallest absolute Gasteiger partial charge is 0.339 e. The van der Waals surface area contributed by atoms with Crippen LogP contribution < -0.4 is 5.32 Å². The second-order valence-corrected chi connectivity index (χ2v) is 7.50. The zero-order valence-corrected chi connectivity index (χ0v) is 17.2. The maximum atomic E-state index is 12.4. The van der Waals surface area contributed by atoms with E-state index in [2.05, 4.69) is 5.32 Å². The van der Waals surface area contributed by atoms with E-state index >= 15 is 0 Å². The maximum absolute atomic E-state index is 12.4. The molecule has 0 fully saturated rings. The highest BCUT2D eigenvalue weighted by Gasteiger charge is 2.20. The van der Waals surface area contributed by atoms with Crippen molar-refractivity contribution in [2.45, 2.75) is 31.2 Å². The molecular weight excluding hydrogens is 390 g/mol. The third-order valence-electron chi connectivity index (χ3n) is 3.98. The van der Waals surface area contributed by atoms with E-state index in [1.807, 2.05) is 30.3 Å². The van der Waals surface area contributed by atoms with Crippen LogP contribution in [0.15, 0.2) is 59.5 Å². The Morgan fingerprint density at radius 1 is 0.966 bits per heavy atom. The number of carbonyl (C=O) groups is 4. The fourth-order valence-corrected chi connectivity index (χ4v) is 3.37. The van der Waals surface area contributed by atoms with Crippen molar-refractivity contribution in [3.8, 4) is 0 Å². The predicted molar refractivity (Wildman–Crippen MR) is 111 cm³/mol. The topological polar surface area (TPSA) is 89.5 Å². The van der Waals surface area contributed by atoms with Crippen molar-refractivity contribution in [3.05, 3.63) is 65.7 Å². The molecule has 0 saturated heterocycles. The first-order valence-corrected chi connectivity index (χ1v) is 10.1. The van der Waals surface area contributed by atoms with Crippen LogP contribution in [-0.4, -0.2) is 41.8 Å². The quantitative estimate of drug-likeness (QED) is 0.476. The lowest BCUT2D eigenvalue weighted by atomic mass is 10.0. The van der Waals surface area contributed by atoms with Crippen LogP contribution in [-0.2, 0) is 25.5 Å². The molecule has 29 heavy (non-hydrogen) atoms. The Hall–Kier alpha value is -2.93. The molecule has 0 aromatic heterocycles. The van der Waals surface area contributed by atoms with Gasteiger partial charge in [-0.3, -0.25) is 14.4 Å². The fraction of sp³-hybridized carbons (Fsp3) is 0.273. The van der Waals surface area contributed by atoms with Crippen LogP contribution in [0.5, 0.6) is 0 Å². The molecule has 2 aromatic rings. The normalized spacial score (nSPS) is 11.4. The van der Waals surface area contributed by atoms with Gasteiger partial charge in [-0.25, -0.2) is 4.79 Å². The summed E-state index contributed by atoms with van der Waals surface area (Å²) in [7, 11) is 0. The summed E-state index contributed by atoms with van der Waals surface area (Å²) in [6.07, 6.45) is 0.361. The van der Waals surface area contributed by atoms with Crippen LogP contribution in [0.25, 0.3) is 0 Å². The number of carbonyl (C=O) groups excluding carboxylic acids is 4. The second-order valence-electron chi connectivity index (χ2n) is 6.48.